The zero-order valence-electron chi connectivity index (χ0n) is 16.9. The SMILES string of the molecule is CC(C)=CCC1C(=O)C(C(=O)CC(C)C)=C(O)[C@]1(O)C(=O)/C=C/C(C)(C)O. The first-order valence-corrected chi connectivity index (χ1v) is 9.04. The molecule has 0 aromatic rings. The van der Waals surface area contributed by atoms with Gasteiger partial charge in [-0.1, -0.05) is 31.6 Å². The summed E-state index contributed by atoms with van der Waals surface area (Å²) in [6.45, 7) is 10.1. The van der Waals surface area contributed by atoms with Gasteiger partial charge < -0.3 is 15.3 Å². The second-order valence-corrected chi connectivity index (χ2v) is 8.30. The zero-order valence-corrected chi connectivity index (χ0v) is 16.9. The molecule has 27 heavy (non-hydrogen) atoms. The van der Waals surface area contributed by atoms with Crippen LogP contribution in [0.4, 0.5) is 0 Å². The molecule has 0 radical (unpaired) electrons. The van der Waals surface area contributed by atoms with Crippen molar-refractivity contribution in [2.75, 3.05) is 0 Å². The predicted octanol–water partition coefficient (Wildman–Crippen LogP) is 2.60. The highest BCUT2D eigenvalue weighted by atomic mass is 16.3. The van der Waals surface area contributed by atoms with Gasteiger partial charge in [0.05, 0.1) is 11.5 Å². The lowest BCUT2D eigenvalue weighted by molar-refractivity contribution is -0.140. The van der Waals surface area contributed by atoms with Gasteiger partial charge in [-0.15, -0.1) is 0 Å². The summed E-state index contributed by atoms with van der Waals surface area (Å²) in [6.07, 6.45) is 3.79. The number of hydrogen-bond donors (Lipinski definition) is 3. The van der Waals surface area contributed by atoms with E-state index in [0.717, 1.165) is 17.7 Å². The number of rotatable bonds is 8. The van der Waals surface area contributed by atoms with Crippen molar-refractivity contribution in [3.63, 3.8) is 0 Å². The molecule has 3 N–H and O–H groups in total. The summed E-state index contributed by atoms with van der Waals surface area (Å²) in [6, 6.07) is 0. The van der Waals surface area contributed by atoms with Crippen LogP contribution >= 0.6 is 0 Å². The summed E-state index contributed by atoms with van der Waals surface area (Å²) in [5.74, 6) is -4.52. The maximum absolute atomic E-state index is 12.8. The largest absolute Gasteiger partial charge is 0.508 e. The molecule has 0 aromatic heterocycles. The van der Waals surface area contributed by atoms with Gasteiger partial charge in [-0.2, -0.15) is 0 Å². The minimum Gasteiger partial charge on any atom is -0.508 e. The van der Waals surface area contributed by atoms with E-state index in [0.29, 0.717) is 0 Å². The Morgan fingerprint density at radius 2 is 1.81 bits per heavy atom. The van der Waals surface area contributed by atoms with Crippen molar-refractivity contribution >= 4 is 17.3 Å². The predicted molar refractivity (Wildman–Crippen MR) is 102 cm³/mol. The molecule has 1 aliphatic carbocycles. The number of ketones is 3. The van der Waals surface area contributed by atoms with Crippen molar-refractivity contribution in [3.05, 3.63) is 35.1 Å². The first-order valence-electron chi connectivity index (χ1n) is 9.04. The van der Waals surface area contributed by atoms with Crippen LogP contribution in [0.2, 0.25) is 0 Å². The lowest BCUT2D eigenvalue weighted by atomic mass is 9.82. The van der Waals surface area contributed by atoms with Gasteiger partial charge in [-0.05, 0) is 46.1 Å². The van der Waals surface area contributed by atoms with Crippen molar-refractivity contribution < 1.29 is 29.7 Å². The molecule has 1 aliphatic rings. The van der Waals surface area contributed by atoms with Gasteiger partial charge >= 0.3 is 0 Å². The number of hydrogen-bond acceptors (Lipinski definition) is 6. The Balaban J connectivity index is 3.46. The highest BCUT2D eigenvalue weighted by Gasteiger charge is 2.58. The summed E-state index contributed by atoms with van der Waals surface area (Å²) < 4.78 is 0. The molecule has 150 valence electrons. The Bertz CT molecular complexity index is 713. The third-order valence-corrected chi connectivity index (χ3v) is 4.32. The Kier molecular flexibility index (Phi) is 7.08. The zero-order chi connectivity index (χ0) is 21.2. The third-order valence-electron chi connectivity index (χ3n) is 4.32. The average molecular weight is 378 g/mol. The monoisotopic (exact) mass is 378 g/mol. The molecule has 0 bridgehead atoms. The molecule has 1 rings (SSSR count). The molecule has 0 fully saturated rings. The number of Topliss-reactive ketones (excluding diaryl/α,β-unsaturated/α-hetero) is 2. The molecular weight excluding hydrogens is 348 g/mol. The summed E-state index contributed by atoms with van der Waals surface area (Å²) in [5.41, 5.74) is -3.47. The maximum Gasteiger partial charge on any atom is 0.195 e. The van der Waals surface area contributed by atoms with Crippen molar-refractivity contribution in [3.8, 4) is 0 Å². The van der Waals surface area contributed by atoms with Crippen LogP contribution in [0, 0.1) is 11.8 Å². The van der Waals surface area contributed by atoms with Gasteiger partial charge in [0.1, 0.15) is 11.3 Å². The fourth-order valence-electron chi connectivity index (χ4n) is 2.90. The van der Waals surface area contributed by atoms with E-state index in [2.05, 4.69) is 0 Å². The minimum atomic E-state index is -2.52. The van der Waals surface area contributed by atoms with Crippen molar-refractivity contribution in [2.24, 2.45) is 11.8 Å². The molecule has 0 amide bonds. The van der Waals surface area contributed by atoms with Crippen molar-refractivity contribution in [2.45, 2.75) is 65.6 Å². The van der Waals surface area contributed by atoms with E-state index in [1.165, 1.54) is 13.8 Å². The van der Waals surface area contributed by atoms with Gasteiger partial charge in [0.25, 0.3) is 0 Å². The summed E-state index contributed by atoms with van der Waals surface area (Å²) >= 11 is 0. The van der Waals surface area contributed by atoms with Crippen LogP contribution in [0.1, 0.15) is 54.4 Å². The van der Waals surface area contributed by atoms with Gasteiger partial charge in [0, 0.05) is 6.42 Å². The molecule has 6 heteroatoms. The van der Waals surface area contributed by atoms with E-state index in [9.17, 15) is 29.7 Å². The molecule has 0 aromatic carbocycles. The molecule has 0 aliphatic heterocycles. The first kappa shape index (κ1) is 23.0. The van der Waals surface area contributed by atoms with Crippen LogP contribution in [0.25, 0.3) is 0 Å². The molecule has 0 spiro atoms. The van der Waals surface area contributed by atoms with E-state index in [4.69, 9.17) is 0 Å². The number of allylic oxidation sites excluding steroid dienone is 3. The van der Waals surface area contributed by atoms with E-state index in [1.807, 2.05) is 0 Å². The third kappa shape index (κ3) is 5.23. The van der Waals surface area contributed by atoms with E-state index in [-0.39, 0.29) is 18.8 Å². The minimum absolute atomic E-state index is 0.00226. The maximum atomic E-state index is 12.8. The van der Waals surface area contributed by atoms with Crippen LogP contribution in [0.5, 0.6) is 0 Å². The normalized spacial score (nSPS) is 23.4. The molecule has 1 unspecified atom stereocenters. The Labute approximate surface area is 160 Å². The van der Waals surface area contributed by atoms with E-state index >= 15 is 0 Å². The number of carbonyl (C=O) groups excluding carboxylic acids is 3. The molecule has 0 saturated heterocycles. The van der Waals surface area contributed by atoms with Gasteiger partial charge in [0.15, 0.2) is 23.0 Å². The Morgan fingerprint density at radius 3 is 2.26 bits per heavy atom. The van der Waals surface area contributed by atoms with Crippen molar-refractivity contribution in [1.29, 1.82) is 0 Å². The number of carbonyl (C=O) groups is 3. The second kappa shape index (κ2) is 8.31. The fourth-order valence-corrected chi connectivity index (χ4v) is 2.90. The summed E-state index contributed by atoms with van der Waals surface area (Å²) in [4.78, 5) is 38.0. The quantitative estimate of drug-likeness (QED) is 0.340. The highest BCUT2D eigenvalue weighted by Crippen LogP contribution is 2.41. The van der Waals surface area contributed by atoms with Crippen LogP contribution in [-0.2, 0) is 14.4 Å². The molecule has 0 heterocycles. The van der Waals surface area contributed by atoms with E-state index < -0.39 is 45.8 Å². The second-order valence-electron chi connectivity index (χ2n) is 8.30. The average Bonchev–Trinajstić information content (AvgIpc) is 2.69. The summed E-state index contributed by atoms with van der Waals surface area (Å²) in [7, 11) is 0. The first-order chi connectivity index (χ1) is 12.2. The van der Waals surface area contributed by atoms with Crippen LogP contribution in [-0.4, -0.2) is 43.9 Å². The van der Waals surface area contributed by atoms with Crippen LogP contribution in [0.3, 0.4) is 0 Å². The highest BCUT2D eigenvalue weighted by molar-refractivity contribution is 6.26. The van der Waals surface area contributed by atoms with Crippen LogP contribution < -0.4 is 0 Å². The van der Waals surface area contributed by atoms with Crippen molar-refractivity contribution in [1.82, 2.24) is 0 Å². The lowest BCUT2D eigenvalue weighted by Crippen LogP contribution is -2.46. The van der Waals surface area contributed by atoms with Gasteiger partial charge in [-0.3, -0.25) is 14.4 Å². The Hall–Kier alpha value is -2.05. The smallest absolute Gasteiger partial charge is 0.195 e. The number of aliphatic hydroxyl groups excluding tert-OH is 1. The molecule has 6 nitrogen and oxygen atoms in total. The Morgan fingerprint density at radius 1 is 1.26 bits per heavy atom. The van der Waals surface area contributed by atoms with E-state index in [1.54, 1.807) is 33.8 Å². The molecular formula is C21H30O6. The van der Waals surface area contributed by atoms with Gasteiger partial charge in [0.2, 0.25) is 0 Å². The topological polar surface area (TPSA) is 112 Å². The summed E-state index contributed by atoms with van der Waals surface area (Å²) in [5, 5.41) is 31.3. The molecule has 2 atom stereocenters. The standard InChI is InChI=1S/C21H30O6/c1-12(2)7-8-14-18(24)17(15(22)11-13(3)4)19(25)21(14,27)16(23)9-10-20(5,6)26/h7,9-10,13-14,25-27H,8,11H2,1-6H3/b10-9+/t14?,21-/m1/s1. The molecule has 0 saturated carbocycles. The fraction of sp³-hybridized carbons (Fsp3) is 0.571. The van der Waals surface area contributed by atoms with Gasteiger partial charge in [-0.25, -0.2) is 0 Å². The van der Waals surface area contributed by atoms with Crippen LogP contribution in [0.15, 0.2) is 35.1 Å². The lowest BCUT2D eigenvalue weighted by Gasteiger charge is -2.26. The number of aliphatic hydroxyl groups is 3.